The normalized spacial score (nSPS) is 11.4. The Morgan fingerprint density at radius 2 is 1.79 bits per heavy atom. The van der Waals surface area contributed by atoms with E-state index in [0.29, 0.717) is 16.9 Å². The molecule has 2 rings (SSSR count). The van der Waals surface area contributed by atoms with Crippen molar-refractivity contribution in [1.82, 2.24) is 24.9 Å². The van der Waals surface area contributed by atoms with Crippen molar-refractivity contribution < 1.29 is 13.2 Å². The fourth-order valence-corrected chi connectivity index (χ4v) is 1.77. The summed E-state index contributed by atoms with van der Waals surface area (Å²) in [5.41, 5.74) is 1.20. The molecular formula is C11H14F3N5. The summed E-state index contributed by atoms with van der Waals surface area (Å²) in [7, 11) is 0. The molecule has 2 aromatic rings. The van der Waals surface area contributed by atoms with Gasteiger partial charge in [-0.25, -0.2) is 9.07 Å². The molecule has 0 atom stereocenters. The Labute approximate surface area is 108 Å². The fourth-order valence-electron chi connectivity index (χ4n) is 1.77. The van der Waals surface area contributed by atoms with Gasteiger partial charge in [-0.05, 0) is 12.1 Å². The van der Waals surface area contributed by atoms with Crippen molar-refractivity contribution in [2.75, 3.05) is 6.67 Å². The predicted molar refractivity (Wildman–Crippen MR) is 62.2 cm³/mol. The molecule has 0 unspecified atom stereocenters. The molecule has 1 N–H and O–H groups in total. The van der Waals surface area contributed by atoms with Gasteiger partial charge in [0.15, 0.2) is 0 Å². The van der Waals surface area contributed by atoms with Crippen molar-refractivity contribution in [3.05, 3.63) is 35.9 Å². The summed E-state index contributed by atoms with van der Waals surface area (Å²) in [5.74, 6) is 0. The van der Waals surface area contributed by atoms with Gasteiger partial charge in [-0.3, -0.25) is 4.68 Å². The molecule has 0 fully saturated rings. The van der Waals surface area contributed by atoms with E-state index in [1.165, 1.54) is 16.9 Å². The van der Waals surface area contributed by atoms with E-state index in [-0.39, 0.29) is 13.1 Å². The maximum absolute atomic E-state index is 12.5. The highest BCUT2D eigenvalue weighted by atomic mass is 19.3. The average Bonchev–Trinajstić information content (AvgIpc) is 2.99. The maximum atomic E-state index is 12.5. The van der Waals surface area contributed by atoms with E-state index in [2.05, 4.69) is 15.5 Å². The van der Waals surface area contributed by atoms with E-state index in [0.717, 1.165) is 5.69 Å². The van der Waals surface area contributed by atoms with Gasteiger partial charge in [0.25, 0.3) is 0 Å². The number of alkyl halides is 3. The maximum Gasteiger partial charge on any atom is 0.333 e. The molecule has 0 saturated carbocycles. The first-order valence-electron chi connectivity index (χ1n) is 5.80. The monoisotopic (exact) mass is 273 g/mol. The zero-order valence-electron chi connectivity index (χ0n) is 10.1. The molecule has 0 amide bonds. The molecule has 0 aliphatic carbocycles. The van der Waals surface area contributed by atoms with E-state index in [1.54, 1.807) is 12.3 Å². The van der Waals surface area contributed by atoms with Gasteiger partial charge in [0.05, 0.1) is 17.9 Å². The first kappa shape index (κ1) is 13.6. The van der Waals surface area contributed by atoms with E-state index in [9.17, 15) is 13.2 Å². The second-order valence-corrected chi connectivity index (χ2v) is 3.88. The fraction of sp³-hybridized carbons (Fsp3) is 0.455. The molecule has 0 aliphatic heterocycles. The van der Waals surface area contributed by atoms with E-state index < -0.39 is 13.2 Å². The molecule has 0 saturated heterocycles. The molecule has 0 aliphatic rings. The Morgan fingerprint density at radius 1 is 1.11 bits per heavy atom. The zero-order valence-corrected chi connectivity index (χ0v) is 10.1. The number of hydrogen-bond acceptors (Lipinski definition) is 3. The van der Waals surface area contributed by atoms with E-state index in [4.69, 9.17) is 0 Å². The Hall–Kier alpha value is -1.83. The van der Waals surface area contributed by atoms with Crippen molar-refractivity contribution in [2.24, 2.45) is 0 Å². The molecule has 0 bridgehead atoms. The number of nitrogens with one attached hydrogen (secondary N) is 1. The molecule has 0 aromatic carbocycles. The summed E-state index contributed by atoms with van der Waals surface area (Å²) in [5, 5.41) is 10.5. The van der Waals surface area contributed by atoms with Crippen LogP contribution in [-0.2, 0) is 19.6 Å². The number of aryl methyl sites for hydroxylation is 1. The van der Waals surface area contributed by atoms with Crippen LogP contribution in [-0.4, -0.2) is 26.2 Å². The second kappa shape index (κ2) is 6.37. The molecule has 0 radical (unpaired) electrons. The summed E-state index contributed by atoms with van der Waals surface area (Å²) < 4.78 is 39.5. The smallest absolute Gasteiger partial charge is 0.306 e. The Morgan fingerprint density at radius 3 is 2.53 bits per heavy atom. The van der Waals surface area contributed by atoms with Crippen LogP contribution in [0, 0.1) is 0 Å². The lowest BCUT2D eigenvalue weighted by Gasteiger charge is -2.09. The highest BCUT2D eigenvalue weighted by Crippen LogP contribution is 2.11. The molecular weight excluding hydrogens is 259 g/mol. The van der Waals surface area contributed by atoms with Crippen LogP contribution in [0.15, 0.2) is 24.5 Å². The molecule has 2 heterocycles. The van der Waals surface area contributed by atoms with Crippen molar-refractivity contribution in [3.63, 3.8) is 0 Å². The summed E-state index contributed by atoms with van der Waals surface area (Å²) in [6.07, 6.45) is 2.91. The van der Waals surface area contributed by atoms with Crippen LogP contribution in [0.25, 0.3) is 0 Å². The molecule has 5 nitrogen and oxygen atoms in total. The zero-order chi connectivity index (χ0) is 13.7. The SMILES string of the molecule is FCCn1nccc1CNCc1ccnn1C(F)F. The lowest BCUT2D eigenvalue weighted by molar-refractivity contribution is 0.0531. The highest BCUT2D eigenvalue weighted by molar-refractivity contribution is 5.03. The number of halogens is 3. The Kier molecular flexibility index (Phi) is 4.56. The van der Waals surface area contributed by atoms with Gasteiger partial charge < -0.3 is 5.32 Å². The van der Waals surface area contributed by atoms with Gasteiger partial charge in [-0.15, -0.1) is 0 Å². The summed E-state index contributed by atoms with van der Waals surface area (Å²) in [6.45, 7) is -2.27. The van der Waals surface area contributed by atoms with Gasteiger partial charge in [0.2, 0.25) is 0 Å². The van der Waals surface area contributed by atoms with Crippen LogP contribution >= 0.6 is 0 Å². The molecule has 2 aromatic heterocycles. The third kappa shape index (κ3) is 3.34. The number of aromatic nitrogens is 4. The molecule has 8 heteroatoms. The first-order chi connectivity index (χ1) is 9.22. The van der Waals surface area contributed by atoms with Crippen LogP contribution in [0.2, 0.25) is 0 Å². The topological polar surface area (TPSA) is 47.7 Å². The average molecular weight is 273 g/mol. The van der Waals surface area contributed by atoms with E-state index >= 15 is 0 Å². The van der Waals surface area contributed by atoms with Crippen molar-refractivity contribution in [2.45, 2.75) is 26.2 Å². The minimum atomic E-state index is -2.65. The quantitative estimate of drug-likeness (QED) is 0.835. The summed E-state index contributed by atoms with van der Waals surface area (Å²) in [4.78, 5) is 0. The first-order valence-corrected chi connectivity index (χ1v) is 5.80. The lowest BCUT2D eigenvalue weighted by atomic mass is 10.3. The van der Waals surface area contributed by atoms with Gasteiger partial charge in [0, 0.05) is 25.5 Å². The van der Waals surface area contributed by atoms with Crippen molar-refractivity contribution in [1.29, 1.82) is 0 Å². The van der Waals surface area contributed by atoms with Gasteiger partial charge in [-0.1, -0.05) is 0 Å². The van der Waals surface area contributed by atoms with Gasteiger partial charge in [-0.2, -0.15) is 19.0 Å². The molecule has 19 heavy (non-hydrogen) atoms. The molecule has 0 spiro atoms. The van der Waals surface area contributed by atoms with Gasteiger partial charge >= 0.3 is 6.55 Å². The van der Waals surface area contributed by atoms with Crippen molar-refractivity contribution in [3.8, 4) is 0 Å². The van der Waals surface area contributed by atoms with Gasteiger partial charge in [0.1, 0.15) is 6.67 Å². The summed E-state index contributed by atoms with van der Waals surface area (Å²) in [6, 6.07) is 3.28. The number of rotatable bonds is 7. The minimum absolute atomic E-state index is 0.193. The van der Waals surface area contributed by atoms with Crippen LogP contribution in [0.3, 0.4) is 0 Å². The third-order valence-corrected chi connectivity index (χ3v) is 2.65. The molecule has 104 valence electrons. The van der Waals surface area contributed by atoms with Crippen LogP contribution in [0.1, 0.15) is 17.9 Å². The third-order valence-electron chi connectivity index (χ3n) is 2.65. The highest BCUT2D eigenvalue weighted by Gasteiger charge is 2.11. The van der Waals surface area contributed by atoms with Crippen LogP contribution < -0.4 is 5.32 Å². The standard InChI is InChI=1S/C11H14F3N5/c12-3-6-18-9(1-4-16-18)7-15-8-10-2-5-17-19(10)11(13)14/h1-2,4-5,11,15H,3,6-8H2. The minimum Gasteiger partial charge on any atom is -0.306 e. The Bertz CT molecular complexity index is 508. The largest absolute Gasteiger partial charge is 0.333 e. The summed E-state index contributed by atoms with van der Waals surface area (Å²) >= 11 is 0. The lowest BCUT2D eigenvalue weighted by Crippen LogP contribution is -2.19. The second-order valence-electron chi connectivity index (χ2n) is 3.88. The van der Waals surface area contributed by atoms with E-state index in [1.807, 2.05) is 0 Å². The predicted octanol–water partition coefficient (Wildman–Crippen LogP) is 1.73. The number of hydrogen-bond donors (Lipinski definition) is 1. The number of nitrogens with zero attached hydrogens (tertiary/aromatic N) is 4. The van der Waals surface area contributed by atoms with Crippen molar-refractivity contribution >= 4 is 0 Å². The van der Waals surface area contributed by atoms with Crippen LogP contribution in [0.4, 0.5) is 13.2 Å². The van der Waals surface area contributed by atoms with Crippen LogP contribution in [0.5, 0.6) is 0 Å². The Balaban J connectivity index is 1.89.